The van der Waals surface area contributed by atoms with Gasteiger partial charge in [0.1, 0.15) is 11.2 Å². The van der Waals surface area contributed by atoms with Crippen molar-refractivity contribution in [3.05, 3.63) is 119 Å². The van der Waals surface area contributed by atoms with E-state index in [-0.39, 0.29) is 16.2 Å². The monoisotopic (exact) mass is 545 g/mol. The second-order valence-electron chi connectivity index (χ2n) is 14.3. The average molecular weight is 546 g/mol. The van der Waals surface area contributed by atoms with Crippen molar-refractivity contribution in [1.29, 1.82) is 0 Å². The SMILES string of the molecule is CC1(C)c2ccccc2-c2c1ccc1c2C(C)(C)C2N1c1ccc(-c3cccc4oc5ccccc5c34)cc1C2(C)C. The zero-order valence-electron chi connectivity index (χ0n) is 25.2. The smallest absolute Gasteiger partial charge is 0.136 e. The molecule has 1 unspecified atom stereocenters. The Morgan fingerprint density at radius 2 is 1.31 bits per heavy atom. The van der Waals surface area contributed by atoms with Gasteiger partial charge >= 0.3 is 0 Å². The largest absolute Gasteiger partial charge is 0.456 e. The van der Waals surface area contributed by atoms with Crippen molar-refractivity contribution < 1.29 is 4.42 Å². The maximum absolute atomic E-state index is 6.24. The molecule has 2 nitrogen and oxygen atoms in total. The van der Waals surface area contributed by atoms with E-state index >= 15 is 0 Å². The van der Waals surface area contributed by atoms with Crippen molar-refractivity contribution in [1.82, 2.24) is 0 Å². The Morgan fingerprint density at radius 3 is 2.17 bits per heavy atom. The lowest BCUT2D eigenvalue weighted by atomic mass is 9.66. The van der Waals surface area contributed by atoms with Crippen LogP contribution >= 0.6 is 0 Å². The first-order valence-corrected chi connectivity index (χ1v) is 15.2. The summed E-state index contributed by atoms with van der Waals surface area (Å²) in [5.41, 5.74) is 15.7. The summed E-state index contributed by atoms with van der Waals surface area (Å²) in [5.74, 6) is 0. The number of fused-ring (bicyclic) bond motifs is 12. The van der Waals surface area contributed by atoms with E-state index in [9.17, 15) is 0 Å². The molecule has 5 aromatic carbocycles. The van der Waals surface area contributed by atoms with E-state index in [0.29, 0.717) is 6.04 Å². The molecule has 0 amide bonds. The number of anilines is 2. The van der Waals surface area contributed by atoms with E-state index in [1.807, 2.05) is 6.07 Å². The first-order chi connectivity index (χ1) is 20.1. The summed E-state index contributed by atoms with van der Waals surface area (Å²) in [5, 5.41) is 2.38. The highest BCUT2D eigenvalue weighted by Crippen LogP contribution is 2.65. The van der Waals surface area contributed by atoms with Crippen LogP contribution in [-0.2, 0) is 16.2 Å². The molecule has 42 heavy (non-hydrogen) atoms. The van der Waals surface area contributed by atoms with Gasteiger partial charge in [-0.3, -0.25) is 0 Å². The molecular weight excluding hydrogens is 510 g/mol. The first kappa shape index (κ1) is 24.3. The zero-order chi connectivity index (χ0) is 28.8. The number of nitrogens with zero attached hydrogens (tertiary/aromatic N) is 1. The molecule has 1 aliphatic carbocycles. The van der Waals surface area contributed by atoms with Crippen LogP contribution in [0.5, 0.6) is 0 Å². The highest BCUT2D eigenvalue weighted by molar-refractivity contribution is 6.12. The average Bonchev–Trinajstić information content (AvgIpc) is 3.63. The molecule has 0 spiro atoms. The lowest BCUT2D eigenvalue weighted by Gasteiger charge is -2.39. The Morgan fingerprint density at radius 1 is 0.595 bits per heavy atom. The zero-order valence-corrected chi connectivity index (χ0v) is 25.2. The van der Waals surface area contributed by atoms with E-state index in [1.54, 1.807) is 0 Å². The fraction of sp³-hybridized carbons (Fsp3) is 0.250. The van der Waals surface area contributed by atoms with Crippen molar-refractivity contribution >= 4 is 33.3 Å². The van der Waals surface area contributed by atoms with E-state index in [1.165, 1.54) is 66.7 Å². The predicted octanol–water partition coefficient (Wildman–Crippen LogP) is 10.6. The molecule has 6 aromatic rings. The molecule has 9 rings (SSSR count). The molecule has 0 N–H and O–H groups in total. The number of rotatable bonds is 1. The van der Waals surface area contributed by atoms with Crippen LogP contribution in [0, 0.1) is 0 Å². The Bertz CT molecular complexity index is 2140. The summed E-state index contributed by atoms with van der Waals surface area (Å²) in [6.07, 6.45) is 0. The molecule has 2 heteroatoms. The van der Waals surface area contributed by atoms with Gasteiger partial charge in [0, 0.05) is 38.4 Å². The van der Waals surface area contributed by atoms with Gasteiger partial charge in [-0.05, 0) is 74.8 Å². The fourth-order valence-corrected chi connectivity index (χ4v) is 9.32. The third kappa shape index (κ3) is 2.72. The molecule has 3 aliphatic rings. The minimum Gasteiger partial charge on any atom is -0.456 e. The van der Waals surface area contributed by atoms with Crippen LogP contribution in [0.1, 0.15) is 63.8 Å². The predicted molar refractivity (Wildman–Crippen MR) is 175 cm³/mol. The van der Waals surface area contributed by atoms with Crippen LogP contribution in [0.4, 0.5) is 11.4 Å². The van der Waals surface area contributed by atoms with Gasteiger partial charge in [-0.1, -0.05) is 108 Å². The normalized spacial score (nSPS) is 20.0. The van der Waals surface area contributed by atoms with E-state index < -0.39 is 0 Å². The Labute approximate surface area is 247 Å². The maximum Gasteiger partial charge on any atom is 0.136 e. The second-order valence-corrected chi connectivity index (χ2v) is 14.3. The van der Waals surface area contributed by atoms with Gasteiger partial charge in [-0.25, -0.2) is 0 Å². The molecule has 1 aromatic heterocycles. The van der Waals surface area contributed by atoms with Crippen LogP contribution in [0.2, 0.25) is 0 Å². The Hall–Kier alpha value is -4.30. The van der Waals surface area contributed by atoms with Crippen LogP contribution in [0.15, 0.2) is 101 Å². The van der Waals surface area contributed by atoms with Gasteiger partial charge in [-0.15, -0.1) is 0 Å². The minimum absolute atomic E-state index is 0.00463. The minimum atomic E-state index is -0.0548. The van der Waals surface area contributed by atoms with Gasteiger partial charge in [0.05, 0.1) is 6.04 Å². The number of para-hydroxylation sites is 1. The lowest BCUT2D eigenvalue weighted by molar-refractivity contribution is 0.322. The first-order valence-electron chi connectivity index (χ1n) is 15.2. The third-order valence-electron chi connectivity index (χ3n) is 10.9. The van der Waals surface area contributed by atoms with Crippen molar-refractivity contribution in [3.8, 4) is 22.3 Å². The summed E-state index contributed by atoms with van der Waals surface area (Å²) in [4.78, 5) is 2.68. The van der Waals surface area contributed by atoms with Gasteiger partial charge in [-0.2, -0.15) is 0 Å². The lowest BCUT2D eigenvalue weighted by Crippen LogP contribution is -2.47. The maximum atomic E-state index is 6.24. The topological polar surface area (TPSA) is 16.4 Å². The van der Waals surface area contributed by atoms with Crippen LogP contribution in [0.25, 0.3) is 44.2 Å². The molecule has 3 heterocycles. The summed E-state index contributed by atoms with van der Waals surface area (Å²) in [7, 11) is 0. The highest BCUT2D eigenvalue weighted by atomic mass is 16.3. The number of hydrogen-bond donors (Lipinski definition) is 0. The summed E-state index contributed by atoms with van der Waals surface area (Å²) < 4.78 is 6.24. The Balaban J connectivity index is 1.27. The van der Waals surface area contributed by atoms with Gasteiger partial charge in [0.25, 0.3) is 0 Å². The summed E-state index contributed by atoms with van der Waals surface area (Å²) >= 11 is 0. The van der Waals surface area contributed by atoms with E-state index in [0.717, 1.165) is 11.2 Å². The molecule has 0 saturated heterocycles. The molecule has 1 atom stereocenters. The van der Waals surface area contributed by atoms with Crippen molar-refractivity contribution in [2.45, 2.75) is 63.8 Å². The number of hydrogen-bond acceptors (Lipinski definition) is 2. The number of furan rings is 1. The van der Waals surface area contributed by atoms with E-state index in [2.05, 4.69) is 137 Å². The third-order valence-corrected chi connectivity index (χ3v) is 10.9. The summed E-state index contributed by atoms with van der Waals surface area (Å²) in [6.45, 7) is 14.7. The second kappa shape index (κ2) is 7.55. The highest BCUT2D eigenvalue weighted by Gasteiger charge is 2.59. The van der Waals surface area contributed by atoms with Crippen LogP contribution < -0.4 is 4.90 Å². The van der Waals surface area contributed by atoms with Crippen LogP contribution in [-0.4, -0.2) is 6.04 Å². The van der Waals surface area contributed by atoms with Gasteiger partial charge in [0.2, 0.25) is 0 Å². The van der Waals surface area contributed by atoms with Crippen molar-refractivity contribution in [2.75, 3.05) is 4.90 Å². The molecule has 2 aliphatic heterocycles. The standard InChI is InChI=1S/C40H35NO/c1-38(2)27-15-9-7-12-25(27)35-28(38)19-21-31-36(35)40(5,6)37-39(3,4)29-22-23(18-20-30(29)41(31)37)24-14-11-17-33-34(24)26-13-8-10-16-32(26)42-33/h7-22,37H,1-6H3. The molecule has 0 saturated carbocycles. The van der Waals surface area contributed by atoms with Gasteiger partial charge < -0.3 is 9.32 Å². The van der Waals surface area contributed by atoms with Crippen molar-refractivity contribution in [3.63, 3.8) is 0 Å². The number of benzene rings is 5. The quantitative estimate of drug-likeness (QED) is 0.204. The van der Waals surface area contributed by atoms with Gasteiger partial charge in [0.15, 0.2) is 0 Å². The fourth-order valence-electron chi connectivity index (χ4n) is 9.32. The Kier molecular flexibility index (Phi) is 4.37. The van der Waals surface area contributed by atoms with Crippen LogP contribution in [0.3, 0.4) is 0 Å². The molecule has 0 fully saturated rings. The molecule has 0 bridgehead atoms. The molecule has 0 radical (unpaired) electrons. The molecule has 206 valence electrons. The summed E-state index contributed by atoms with van der Waals surface area (Å²) in [6, 6.07) is 36.2. The molecular formula is C40H35NO. The van der Waals surface area contributed by atoms with E-state index in [4.69, 9.17) is 4.42 Å². The van der Waals surface area contributed by atoms with Crippen molar-refractivity contribution in [2.24, 2.45) is 0 Å².